The molecule has 110 valence electrons. The van der Waals surface area contributed by atoms with Crippen molar-refractivity contribution in [1.82, 2.24) is 0 Å². The molecule has 0 aromatic carbocycles. The van der Waals surface area contributed by atoms with E-state index in [-0.39, 0.29) is 0 Å². The summed E-state index contributed by atoms with van der Waals surface area (Å²) in [6, 6.07) is 0. The predicted octanol–water partition coefficient (Wildman–Crippen LogP) is 6.01. The molecular formula is C17H32P2. The van der Waals surface area contributed by atoms with Gasteiger partial charge >= 0.3 is 0 Å². The van der Waals surface area contributed by atoms with Crippen molar-refractivity contribution < 1.29 is 0 Å². The first-order valence-electron chi connectivity index (χ1n) is 8.64. The van der Waals surface area contributed by atoms with Crippen LogP contribution >= 0.6 is 15.8 Å². The fourth-order valence-corrected chi connectivity index (χ4v) is 14.5. The van der Waals surface area contributed by atoms with E-state index in [0.717, 1.165) is 22.6 Å². The van der Waals surface area contributed by atoms with E-state index in [1.807, 2.05) is 0 Å². The van der Waals surface area contributed by atoms with Crippen molar-refractivity contribution in [2.45, 2.75) is 107 Å². The van der Waals surface area contributed by atoms with Crippen LogP contribution in [-0.4, -0.2) is 34.0 Å². The van der Waals surface area contributed by atoms with Gasteiger partial charge in [0.2, 0.25) is 0 Å². The maximum Gasteiger partial charge on any atom is -0.0136 e. The zero-order chi connectivity index (χ0) is 13.6. The van der Waals surface area contributed by atoms with Crippen molar-refractivity contribution in [1.29, 1.82) is 0 Å². The lowest BCUT2D eigenvalue weighted by molar-refractivity contribution is 0.777. The van der Waals surface area contributed by atoms with Crippen LogP contribution in [0.25, 0.3) is 0 Å². The lowest BCUT2D eigenvalue weighted by atomic mass is 10.2. The summed E-state index contributed by atoms with van der Waals surface area (Å²) in [6.07, 6.45) is 10.9. The Morgan fingerprint density at radius 2 is 0.842 bits per heavy atom. The van der Waals surface area contributed by atoms with Gasteiger partial charge in [0.25, 0.3) is 0 Å². The average molecular weight is 298 g/mol. The summed E-state index contributed by atoms with van der Waals surface area (Å²) in [4.78, 5) is 0. The topological polar surface area (TPSA) is 0 Å². The van der Waals surface area contributed by atoms with Crippen LogP contribution in [0.4, 0.5) is 0 Å². The van der Waals surface area contributed by atoms with E-state index in [1.54, 1.807) is 44.9 Å². The van der Waals surface area contributed by atoms with Gasteiger partial charge < -0.3 is 0 Å². The van der Waals surface area contributed by atoms with Crippen molar-refractivity contribution in [3.63, 3.8) is 0 Å². The minimum atomic E-state index is 0.354. The smallest absolute Gasteiger partial charge is 0.0136 e. The molecule has 2 unspecified atom stereocenters. The van der Waals surface area contributed by atoms with Crippen LogP contribution in [0.2, 0.25) is 0 Å². The molecule has 2 heterocycles. The molecule has 0 spiro atoms. The second-order valence-corrected chi connectivity index (χ2v) is 14.2. The van der Waals surface area contributed by atoms with Gasteiger partial charge in [-0.2, -0.15) is 0 Å². The minimum absolute atomic E-state index is 0.354. The molecule has 0 aromatic heterocycles. The van der Waals surface area contributed by atoms with Crippen molar-refractivity contribution in [2.75, 3.05) is 0 Å². The lowest BCUT2D eigenvalue weighted by Crippen LogP contribution is -2.25. The van der Waals surface area contributed by atoms with Crippen LogP contribution in [0, 0.1) is 0 Å². The van der Waals surface area contributed by atoms with Gasteiger partial charge in [-0.3, -0.25) is 0 Å². The van der Waals surface area contributed by atoms with Gasteiger partial charge in [0, 0.05) is 0 Å². The summed E-state index contributed by atoms with van der Waals surface area (Å²) in [5.74, 6) is 0. The summed E-state index contributed by atoms with van der Waals surface area (Å²) in [5.41, 5.74) is 6.68. The largest absolute Gasteiger partial charge is 0.0971 e. The summed E-state index contributed by atoms with van der Waals surface area (Å²) in [7, 11) is 0.708. The highest BCUT2D eigenvalue weighted by molar-refractivity contribution is 7.64. The zero-order valence-electron chi connectivity index (χ0n) is 13.3. The molecule has 19 heavy (non-hydrogen) atoms. The fraction of sp³-hybridized carbons (Fsp3) is 1.00. The molecule has 0 N–H and O–H groups in total. The first-order chi connectivity index (χ1) is 9.09. The summed E-state index contributed by atoms with van der Waals surface area (Å²) < 4.78 is 0. The number of hydrogen-bond donors (Lipinski definition) is 0. The fourth-order valence-electron chi connectivity index (χ4n) is 5.35. The van der Waals surface area contributed by atoms with Gasteiger partial charge in [-0.25, -0.2) is 0 Å². The normalized spacial score (nSPS) is 49.3. The van der Waals surface area contributed by atoms with Gasteiger partial charge in [0.15, 0.2) is 0 Å². The molecular weight excluding hydrogens is 266 g/mol. The van der Waals surface area contributed by atoms with Gasteiger partial charge in [0.05, 0.1) is 0 Å². The maximum absolute atomic E-state index is 2.58. The Morgan fingerprint density at radius 1 is 0.526 bits per heavy atom. The van der Waals surface area contributed by atoms with E-state index in [0.29, 0.717) is 15.8 Å². The van der Waals surface area contributed by atoms with Gasteiger partial charge in [-0.05, 0) is 72.5 Å². The molecule has 0 amide bonds. The number of hydrogen-bond acceptors (Lipinski definition) is 0. The standard InChI is InChI=1S/C17H32P2/c1-12-8-9-13(2)18(12)16-6-5-7-17(16)19-14(3)10-11-15(19)4/h12-17H,5-11H2,1-4H3/t12-,13-,14-,15-,16?,17?/m1/s1. The maximum atomic E-state index is 2.58. The molecule has 3 rings (SSSR count). The first kappa shape index (κ1) is 14.8. The van der Waals surface area contributed by atoms with Crippen LogP contribution < -0.4 is 0 Å². The van der Waals surface area contributed by atoms with E-state index in [4.69, 9.17) is 0 Å². The molecule has 2 heteroatoms. The van der Waals surface area contributed by atoms with Crippen molar-refractivity contribution in [3.8, 4) is 0 Å². The lowest BCUT2D eigenvalue weighted by Gasteiger charge is -2.38. The Labute approximate surface area is 123 Å². The molecule has 0 aromatic rings. The van der Waals surface area contributed by atoms with Crippen LogP contribution in [0.1, 0.15) is 72.6 Å². The third kappa shape index (κ3) is 2.66. The van der Waals surface area contributed by atoms with Gasteiger partial charge in [-0.15, -0.1) is 0 Å². The Hall–Kier alpha value is 0.860. The van der Waals surface area contributed by atoms with Crippen molar-refractivity contribution in [3.05, 3.63) is 0 Å². The van der Waals surface area contributed by atoms with Crippen LogP contribution in [0.15, 0.2) is 0 Å². The molecule has 0 radical (unpaired) electrons. The molecule has 3 fully saturated rings. The first-order valence-corrected chi connectivity index (χ1v) is 11.7. The number of rotatable bonds is 2. The molecule has 1 aliphatic carbocycles. The van der Waals surface area contributed by atoms with Gasteiger partial charge in [0.1, 0.15) is 0 Å². The molecule has 2 saturated heterocycles. The Kier molecular flexibility index (Phi) is 4.61. The van der Waals surface area contributed by atoms with E-state index >= 15 is 0 Å². The van der Waals surface area contributed by atoms with Crippen LogP contribution in [-0.2, 0) is 0 Å². The van der Waals surface area contributed by atoms with E-state index in [9.17, 15) is 0 Å². The SMILES string of the molecule is C[C@@H]1CC[C@@H](C)P1C1CCCC1P1[C@H](C)CC[C@H]1C. The van der Waals surface area contributed by atoms with Crippen LogP contribution in [0.5, 0.6) is 0 Å². The summed E-state index contributed by atoms with van der Waals surface area (Å²) in [5, 5.41) is 0. The average Bonchev–Trinajstić information content (AvgIpc) is 3.02. The predicted molar refractivity (Wildman–Crippen MR) is 91.6 cm³/mol. The van der Waals surface area contributed by atoms with Crippen molar-refractivity contribution in [2.24, 2.45) is 0 Å². The van der Waals surface area contributed by atoms with Crippen LogP contribution in [0.3, 0.4) is 0 Å². The van der Waals surface area contributed by atoms with E-state index < -0.39 is 0 Å². The highest BCUT2D eigenvalue weighted by Crippen LogP contribution is 2.70. The summed E-state index contributed by atoms with van der Waals surface area (Å²) >= 11 is 0. The third-order valence-corrected chi connectivity index (χ3v) is 14.4. The van der Waals surface area contributed by atoms with Gasteiger partial charge in [-0.1, -0.05) is 50.0 Å². The Bertz CT molecular complexity index is 266. The molecule has 2 aliphatic heterocycles. The molecule has 0 nitrogen and oxygen atoms in total. The quantitative estimate of drug-likeness (QED) is 0.547. The monoisotopic (exact) mass is 298 g/mol. The van der Waals surface area contributed by atoms with Crippen molar-refractivity contribution >= 4 is 15.8 Å². The van der Waals surface area contributed by atoms with E-state index in [2.05, 4.69) is 27.7 Å². The minimum Gasteiger partial charge on any atom is -0.0971 e. The highest BCUT2D eigenvalue weighted by atomic mass is 31.1. The Balaban J connectivity index is 1.77. The van der Waals surface area contributed by atoms with E-state index in [1.165, 1.54) is 11.3 Å². The molecule has 1 saturated carbocycles. The zero-order valence-corrected chi connectivity index (χ0v) is 15.1. The second kappa shape index (κ2) is 5.93. The second-order valence-electron chi connectivity index (χ2n) is 7.51. The highest BCUT2D eigenvalue weighted by Gasteiger charge is 2.47. The molecule has 0 bridgehead atoms. The third-order valence-electron chi connectivity index (χ3n) is 6.25. The molecule has 6 atom stereocenters. The Morgan fingerprint density at radius 3 is 1.16 bits per heavy atom. The molecule has 3 aliphatic rings. The summed E-state index contributed by atoms with van der Waals surface area (Å²) in [6.45, 7) is 10.3.